The fourth-order valence-corrected chi connectivity index (χ4v) is 3.48. The fraction of sp³-hybridized carbons (Fsp3) is 0.222. The second-order valence-corrected chi connectivity index (χ2v) is 7.16. The Labute approximate surface area is 150 Å². The van der Waals surface area contributed by atoms with Crippen molar-refractivity contribution in [1.29, 1.82) is 0 Å². The van der Waals surface area contributed by atoms with Crippen LogP contribution in [0.1, 0.15) is 12.5 Å². The van der Waals surface area contributed by atoms with Crippen molar-refractivity contribution in [3.63, 3.8) is 0 Å². The first-order chi connectivity index (χ1) is 11.5. The minimum Gasteiger partial charge on any atom is -0.301 e. The first-order valence-corrected chi connectivity index (χ1v) is 8.83. The Kier molecular flexibility index (Phi) is 5.14. The van der Waals surface area contributed by atoms with Crippen molar-refractivity contribution in [2.24, 2.45) is 0 Å². The molecule has 0 saturated heterocycles. The number of aromatic nitrogens is 1. The minimum atomic E-state index is -0.281. The summed E-state index contributed by atoms with van der Waals surface area (Å²) < 4.78 is 1.06. The Balaban J connectivity index is 1.65. The van der Waals surface area contributed by atoms with Crippen LogP contribution in [0.2, 0.25) is 5.02 Å². The molecule has 0 aliphatic heterocycles. The van der Waals surface area contributed by atoms with Crippen LogP contribution in [-0.2, 0) is 11.3 Å². The molecule has 0 bridgehead atoms. The Bertz CT molecular complexity index is 831. The van der Waals surface area contributed by atoms with Crippen LogP contribution in [0, 0.1) is 0 Å². The van der Waals surface area contributed by atoms with Gasteiger partial charge < -0.3 is 5.32 Å². The molecule has 3 rings (SSSR count). The predicted octanol–water partition coefficient (Wildman–Crippen LogP) is 4.41. The van der Waals surface area contributed by atoms with Crippen LogP contribution in [0.4, 0.5) is 5.13 Å². The topological polar surface area (TPSA) is 45.2 Å². The molecular formula is C18H18ClN3OS. The third kappa shape index (κ3) is 3.93. The summed E-state index contributed by atoms with van der Waals surface area (Å²) in [7, 11) is 1.92. The summed E-state index contributed by atoms with van der Waals surface area (Å²) in [6.07, 6.45) is 0. The second-order valence-electron chi connectivity index (χ2n) is 5.70. The summed E-state index contributed by atoms with van der Waals surface area (Å²) in [5.74, 6) is -0.0708. The normalized spacial score (nSPS) is 12.5. The summed E-state index contributed by atoms with van der Waals surface area (Å²) in [6, 6.07) is 15.2. The molecule has 24 heavy (non-hydrogen) atoms. The molecule has 2 aromatic carbocycles. The monoisotopic (exact) mass is 359 g/mol. The number of amides is 1. The number of thiazole rings is 1. The molecule has 0 fully saturated rings. The lowest BCUT2D eigenvalue weighted by molar-refractivity contribution is -0.120. The van der Waals surface area contributed by atoms with Crippen molar-refractivity contribution in [1.82, 2.24) is 9.88 Å². The van der Waals surface area contributed by atoms with Crippen molar-refractivity contribution in [3.8, 4) is 0 Å². The van der Waals surface area contributed by atoms with Crippen LogP contribution < -0.4 is 5.32 Å². The number of rotatable bonds is 5. The molecule has 1 N–H and O–H groups in total. The standard InChI is InChI=1S/C18H18ClN3OS/c1-12(22(2)11-13-6-5-7-14(19)10-13)17(23)21-18-20-15-8-3-4-9-16(15)24-18/h3-10,12H,11H2,1-2H3,(H,20,21,23). The molecule has 1 unspecified atom stereocenters. The zero-order valence-corrected chi connectivity index (χ0v) is 15.1. The molecule has 1 atom stereocenters. The van der Waals surface area contributed by atoms with Gasteiger partial charge in [0, 0.05) is 11.6 Å². The van der Waals surface area contributed by atoms with E-state index in [1.54, 1.807) is 0 Å². The number of nitrogens with one attached hydrogen (secondary N) is 1. The molecule has 0 aliphatic carbocycles. The van der Waals surface area contributed by atoms with Gasteiger partial charge in [-0.1, -0.05) is 47.2 Å². The molecule has 1 aromatic heterocycles. The number of benzene rings is 2. The van der Waals surface area contributed by atoms with Gasteiger partial charge in [-0.2, -0.15) is 0 Å². The number of anilines is 1. The largest absolute Gasteiger partial charge is 0.301 e. The van der Waals surface area contributed by atoms with E-state index in [-0.39, 0.29) is 11.9 Å². The fourth-order valence-electron chi connectivity index (χ4n) is 2.40. The lowest BCUT2D eigenvalue weighted by Crippen LogP contribution is -2.39. The molecule has 0 spiro atoms. The molecule has 1 amide bonds. The maximum absolute atomic E-state index is 12.5. The van der Waals surface area contributed by atoms with Crippen LogP contribution in [0.25, 0.3) is 10.2 Å². The van der Waals surface area contributed by atoms with E-state index < -0.39 is 0 Å². The van der Waals surface area contributed by atoms with Crippen LogP contribution >= 0.6 is 22.9 Å². The molecule has 0 saturated carbocycles. The van der Waals surface area contributed by atoms with E-state index in [2.05, 4.69) is 10.3 Å². The van der Waals surface area contributed by atoms with Crippen LogP contribution in [0.5, 0.6) is 0 Å². The Morgan fingerprint density at radius 3 is 2.83 bits per heavy atom. The van der Waals surface area contributed by atoms with E-state index in [0.717, 1.165) is 15.8 Å². The number of hydrogen-bond acceptors (Lipinski definition) is 4. The summed E-state index contributed by atoms with van der Waals surface area (Å²) in [5.41, 5.74) is 1.97. The Hall–Kier alpha value is -1.95. The van der Waals surface area contributed by atoms with Crippen LogP contribution in [-0.4, -0.2) is 28.9 Å². The van der Waals surface area contributed by atoms with Gasteiger partial charge in [-0.25, -0.2) is 4.98 Å². The quantitative estimate of drug-likeness (QED) is 0.734. The average molecular weight is 360 g/mol. The van der Waals surface area contributed by atoms with Gasteiger partial charge in [-0.15, -0.1) is 0 Å². The zero-order valence-electron chi connectivity index (χ0n) is 13.5. The number of halogens is 1. The second kappa shape index (κ2) is 7.30. The first-order valence-electron chi connectivity index (χ1n) is 7.64. The van der Waals surface area contributed by atoms with E-state index in [1.165, 1.54) is 11.3 Å². The Morgan fingerprint density at radius 2 is 2.08 bits per heavy atom. The molecular weight excluding hydrogens is 342 g/mol. The van der Waals surface area contributed by atoms with Gasteiger partial charge in [-0.05, 0) is 43.8 Å². The van der Waals surface area contributed by atoms with Gasteiger partial charge in [0.15, 0.2) is 5.13 Å². The van der Waals surface area contributed by atoms with Crippen molar-refractivity contribution in [2.75, 3.05) is 12.4 Å². The SMILES string of the molecule is CC(C(=O)Nc1nc2ccccc2s1)N(C)Cc1cccc(Cl)c1. The molecule has 6 heteroatoms. The number of fused-ring (bicyclic) bond motifs is 1. The lowest BCUT2D eigenvalue weighted by Gasteiger charge is -2.23. The third-order valence-electron chi connectivity index (χ3n) is 3.89. The highest BCUT2D eigenvalue weighted by Gasteiger charge is 2.19. The number of likely N-dealkylation sites (N-methyl/N-ethyl adjacent to an activating group) is 1. The maximum Gasteiger partial charge on any atom is 0.243 e. The molecule has 1 heterocycles. The third-order valence-corrected chi connectivity index (χ3v) is 5.07. The average Bonchev–Trinajstić information content (AvgIpc) is 2.96. The first kappa shape index (κ1) is 16.9. The minimum absolute atomic E-state index is 0.0708. The molecule has 0 aliphatic rings. The smallest absolute Gasteiger partial charge is 0.243 e. The number of para-hydroxylation sites is 1. The van der Waals surface area contributed by atoms with E-state index in [0.29, 0.717) is 16.7 Å². The van der Waals surface area contributed by atoms with Gasteiger partial charge in [-0.3, -0.25) is 9.69 Å². The predicted molar refractivity (Wildman–Crippen MR) is 101 cm³/mol. The highest BCUT2D eigenvalue weighted by molar-refractivity contribution is 7.22. The number of carbonyl (C=O) groups excluding carboxylic acids is 1. The summed E-state index contributed by atoms with van der Waals surface area (Å²) in [6.45, 7) is 2.53. The maximum atomic E-state index is 12.5. The van der Waals surface area contributed by atoms with Crippen molar-refractivity contribution in [2.45, 2.75) is 19.5 Å². The van der Waals surface area contributed by atoms with Crippen LogP contribution in [0.3, 0.4) is 0 Å². The van der Waals surface area contributed by atoms with E-state index in [1.807, 2.05) is 67.4 Å². The number of hydrogen-bond donors (Lipinski definition) is 1. The van der Waals surface area contributed by atoms with Crippen molar-refractivity contribution >= 4 is 44.2 Å². The van der Waals surface area contributed by atoms with E-state index in [9.17, 15) is 4.79 Å². The van der Waals surface area contributed by atoms with Gasteiger partial charge >= 0.3 is 0 Å². The van der Waals surface area contributed by atoms with E-state index >= 15 is 0 Å². The highest BCUT2D eigenvalue weighted by Crippen LogP contribution is 2.25. The highest BCUT2D eigenvalue weighted by atomic mass is 35.5. The van der Waals surface area contributed by atoms with Crippen molar-refractivity contribution in [3.05, 3.63) is 59.1 Å². The summed E-state index contributed by atoms with van der Waals surface area (Å²) in [4.78, 5) is 18.9. The number of carbonyl (C=O) groups is 1. The van der Waals surface area contributed by atoms with Gasteiger partial charge in [0.1, 0.15) is 0 Å². The lowest BCUT2D eigenvalue weighted by atomic mass is 10.2. The molecule has 0 radical (unpaired) electrons. The molecule has 3 aromatic rings. The molecule has 124 valence electrons. The van der Waals surface area contributed by atoms with Gasteiger partial charge in [0.05, 0.1) is 16.3 Å². The van der Waals surface area contributed by atoms with Crippen molar-refractivity contribution < 1.29 is 4.79 Å². The van der Waals surface area contributed by atoms with Gasteiger partial charge in [0.2, 0.25) is 5.91 Å². The van der Waals surface area contributed by atoms with Gasteiger partial charge in [0.25, 0.3) is 0 Å². The molecule has 4 nitrogen and oxygen atoms in total. The van der Waals surface area contributed by atoms with E-state index in [4.69, 9.17) is 11.6 Å². The Morgan fingerprint density at radius 1 is 1.29 bits per heavy atom. The number of nitrogens with zero attached hydrogens (tertiary/aromatic N) is 2. The summed E-state index contributed by atoms with van der Waals surface area (Å²) in [5, 5.41) is 4.24. The summed E-state index contributed by atoms with van der Waals surface area (Å²) >= 11 is 7.49. The van der Waals surface area contributed by atoms with Crippen LogP contribution in [0.15, 0.2) is 48.5 Å². The zero-order chi connectivity index (χ0) is 17.1.